The van der Waals surface area contributed by atoms with Gasteiger partial charge in [-0.1, -0.05) is 13.8 Å². The van der Waals surface area contributed by atoms with Crippen LogP contribution in [-0.4, -0.2) is 46.3 Å². The van der Waals surface area contributed by atoms with Crippen LogP contribution in [0, 0.1) is 5.92 Å². The molecular weight excluding hydrogens is 383 g/mol. The number of nitrogens with zero attached hydrogens (tertiary/aromatic N) is 1. The van der Waals surface area contributed by atoms with Gasteiger partial charge in [0.15, 0.2) is 23.0 Å². The van der Waals surface area contributed by atoms with E-state index in [4.69, 9.17) is 5.73 Å². The first-order chi connectivity index (χ1) is 8.86. The van der Waals surface area contributed by atoms with Gasteiger partial charge in [-0.2, -0.15) is 0 Å². The minimum absolute atomic E-state index is 0.152. The lowest BCUT2D eigenvalue weighted by Crippen LogP contribution is -2.36. The summed E-state index contributed by atoms with van der Waals surface area (Å²) in [5.74, 6) is -0.349. The first kappa shape index (κ1) is 16.7. The topological polar surface area (TPSA) is 89.7 Å². The Morgan fingerprint density at radius 2 is 2.21 bits per heavy atom. The summed E-state index contributed by atoms with van der Waals surface area (Å²) in [4.78, 5) is 36.2. The van der Waals surface area contributed by atoms with Crippen molar-refractivity contribution in [3.63, 3.8) is 0 Å². The highest BCUT2D eigenvalue weighted by Crippen LogP contribution is 2.26. The molecule has 2 atom stereocenters. The molecule has 2 N–H and O–H groups in total. The van der Waals surface area contributed by atoms with Crippen LogP contribution in [-0.2, 0) is 17.4 Å². The smallest absolute Gasteiger partial charge is 0.333 e. The zero-order chi connectivity index (χ0) is 14.6. The first-order valence-corrected chi connectivity index (χ1v) is 7.83. The number of thioether (sulfide) groups is 1. The molecule has 2 unspecified atom stereocenters. The Hall–Kier alpha value is -0.350. The molecule has 0 saturated carbocycles. The number of hydrogen-bond donors (Lipinski definition) is 1. The zero-order valence-electron chi connectivity index (χ0n) is 10.8. The predicted molar refractivity (Wildman–Crippen MR) is 80.5 cm³/mol. The van der Waals surface area contributed by atoms with Crippen LogP contribution in [0.1, 0.15) is 20.3 Å². The van der Waals surface area contributed by atoms with Crippen molar-refractivity contribution in [1.29, 1.82) is 0 Å². The van der Waals surface area contributed by atoms with E-state index >= 15 is 0 Å². The summed E-state index contributed by atoms with van der Waals surface area (Å²) in [6, 6.07) is -0.774. The molecule has 1 rings (SSSR count). The largest absolute Gasteiger partial charge is 0.393 e. The molecule has 1 fully saturated rings. The Bertz CT molecular complexity index is 378. The summed E-state index contributed by atoms with van der Waals surface area (Å²) < 4.78 is 4.48. The Balaban J connectivity index is 2.51. The lowest BCUT2D eigenvalue weighted by molar-refractivity contribution is -0.139. The molecule has 0 radical (unpaired) electrons. The molecule has 108 valence electrons. The second kappa shape index (κ2) is 7.44. The molecular formula is C11H17IN2O4S. The summed E-state index contributed by atoms with van der Waals surface area (Å²) in [6.45, 7) is 4.34. The van der Waals surface area contributed by atoms with Crippen LogP contribution in [0.5, 0.6) is 0 Å². The zero-order valence-corrected chi connectivity index (χ0v) is 13.8. The van der Waals surface area contributed by atoms with Crippen LogP contribution in [0.2, 0.25) is 0 Å². The number of carbonyl (C=O) groups is 3. The van der Waals surface area contributed by atoms with Gasteiger partial charge < -0.3 is 8.80 Å². The lowest BCUT2D eigenvalue weighted by atomic mass is 10.2. The van der Waals surface area contributed by atoms with Gasteiger partial charge in [-0.3, -0.25) is 14.5 Å². The molecule has 0 aromatic rings. The number of hydrogen-bond acceptors (Lipinski definition) is 6. The normalized spacial score (nSPS) is 21.1. The summed E-state index contributed by atoms with van der Waals surface area (Å²) >= 11 is 2.71. The van der Waals surface area contributed by atoms with Gasteiger partial charge >= 0.3 is 5.97 Å². The highest BCUT2D eigenvalue weighted by Gasteiger charge is 2.39. The third-order valence-corrected chi connectivity index (χ3v) is 4.36. The Kier molecular flexibility index (Phi) is 6.54. The van der Waals surface area contributed by atoms with Crippen molar-refractivity contribution in [2.24, 2.45) is 11.7 Å². The number of carbonyl (C=O) groups excluding carboxylic acids is 3. The fraction of sp³-hybridized carbons (Fsp3) is 0.727. The van der Waals surface area contributed by atoms with Crippen LogP contribution in [0.3, 0.4) is 0 Å². The summed E-state index contributed by atoms with van der Waals surface area (Å²) in [5.41, 5.74) is 5.59. The van der Waals surface area contributed by atoms with Gasteiger partial charge in [-0.25, -0.2) is 4.79 Å². The van der Waals surface area contributed by atoms with E-state index in [1.54, 1.807) is 0 Å². The number of rotatable bonds is 6. The van der Waals surface area contributed by atoms with Crippen LogP contribution >= 0.6 is 34.8 Å². The Morgan fingerprint density at radius 3 is 2.74 bits per heavy atom. The van der Waals surface area contributed by atoms with Crippen molar-refractivity contribution in [1.82, 2.24) is 4.90 Å². The number of amides is 2. The molecule has 1 saturated heterocycles. The average molecular weight is 400 g/mol. The van der Waals surface area contributed by atoms with Gasteiger partial charge in [0.05, 0.1) is 5.25 Å². The molecule has 0 bridgehead atoms. The fourth-order valence-electron chi connectivity index (χ4n) is 1.69. The molecule has 1 aliphatic heterocycles. The maximum Gasteiger partial charge on any atom is 0.333 e. The number of halogens is 1. The monoisotopic (exact) mass is 400 g/mol. The van der Waals surface area contributed by atoms with E-state index in [9.17, 15) is 14.4 Å². The van der Waals surface area contributed by atoms with Crippen molar-refractivity contribution < 1.29 is 17.4 Å². The van der Waals surface area contributed by atoms with Crippen molar-refractivity contribution in [2.45, 2.75) is 31.6 Å². The summed E-state index contributed by atoms with van der Waals surface area (Å²) in [7, 11) is 0. The van der Waals surface area contributed by atoms with Crippen LogP contribution in [0.4, 0.5) is 0 Å². The first-order valence-electron chi connectivity index (χ1n) is 5.90. The van der Waals surface area contributed by atoms with E-state index in [1.165, 1.54) is 39.7 Å². The molecule has 0 aromatic carbocycles. The second-order valence-electron chi connectivity index (χ2n) is 4.77. The number of nitrogens with two attached hydrogens (primary N) is 1. The van der Waals surface area contributed by atoms with Gasteiger partial charge in [0, 0.05) is 18.7 Å². The van der Waals surface area contributed by atoms with Gasteiger partial charge in [0.25, 0.3) is 0 Å². The van der Waals surface area contributed by atoms with Crippen molar-refractivity contribution >= 4 is 52.6 Å². The van der Waals surface area contributed by atoms with Gasteiger partial charge in [0.1, 0.15) is 6.04 Å². The predicted octanol–water partition coefficient (Wildman–Crippen LogP) is 0.724. The summed E-state index contributed by atoms with van der Waals surface area (Å²) in [5, 5.41) is -0.431. The molecule has 0 aromatic heterocycles. The highest BCUT2D eigenvalue weighted by atomic mass is 127. The molecule has 0 spiro atoms. The molecule has 0 aliphatic carbocycles. The van der Waals surface area contributed by atoms with Gasteiger partial charge in [-0.05, 0) is 5.92 Å². The molecule has 2 amide bonds. The van der Waals surface area contributed by atoms with E-state index in [-0.39, 0.29) is 29.9 Å². The highest BCUT2D eigenvalue weighted by molar-refractivity contribution is 14.1. The molecule has 6 nitrogen and oxygen atoms in total. The van der Waals surface area contributed by atoms with Crippen LogP contribution in [0.25, 0.3) is 0 Å². The van der Waals surface area contributed by atoms with E-state index in [1.807, 2.05) is 13.8 Å². The molecule has 1 heterocycles. The molecule has 8 heteroatoms. The van der Waals surface area contributed by atoms with Gasteiger partial charge in [0.2, 0.25) is 11.8 Å². The van der Waals surface area contributed by atoms with Crippen LogP contribution < -0.4 is 5.73 Å². The SMILES string of the molecule is CC(C)CN1C(=O)CC(SCC(N)C(=O)OI)C1=O. The molecule has 19 heavy (non-hydrogen) atoms. The van der Waals surface area contributed by atoms with E-state index in [0.717, 1.165) is 0 Å². The van der Waals surface area contributed by atoms with Crippen LogP contribution in [0.15, 0.2) is 0 Å². The standard InChI is InChI=1S/C11H17IN2O4S/c1-6(2)4-14-9(15)3-8(10(14)16)19-5-7(13)11(17)18-12/h6-8H,3-5,13H2,1-2H3. The number of likely N-dealkylation sites (tertiary alicyclic amines) is 1. The third-order valence-electron chi connectivity index (χ3n) is 2.61. The van der Waals surface area contributed by atoms with E-state index in [0.29, 0.717) is 6.54 Å². The third kappa shape index (κ3) is 4.60. The minimum Gasteiger partial charge on any atom is -0.393 e. The quantitative estimate of drug-likeness (QED) is 0.522. The number of imide groups is 1. The minimum atomic E-state index is -0.774. The lowest BCUT2D eigenvalue weighted by Gasteiger charge is -2.17. The second-order valence-corrected chi connectivity index (χ2v) is 6.44. The maximum absolute atomic E-state index is 12.0. The van der Waals surface area contributed by atoms with E-state index in [2.05, 4.69) is 3.07 Å². The van der Waals surface area contributed by atoms with Crippen molar-refractivity contribution in [2.75, 3.05) is 12.3 Å². The fourth-order valence-corrected chi connectivity index (χ4v) is 3.12. The average Bonchev–Trinajstić information content (AvgIpc) is 2.62. The van der Waals surface area contributed by atoms with E-state index < -0.39 is 17.3 Å². The van der Waals surface area contributed by atoms with Gasteiger partial charge in [-0.15, -0.1) is 11.8 Å². The van der Waals surface area contributed by atoms with Crippen molar-refractivity contribution in [3.8, 4) is 0 Å². The van der Waals surface area contributed by atoms with Crippen molar-refractivity contribution in [3.05, 3.63) is 0 Å². The summed E-state index contributed by atoms with van der Waals surface area (Å²) in [6.07, 6.45) is 0.183. The Morgan fingerprint density at radius 1 is 1.58 bits per heavy atom. The Labute approximate surface area is 130 Å². The maximum atomic E-state index is 12.0. The molecule has 1 aliphatic rings.